The van der Waals surface area contributed by atoms with E-state index in [1.54, 1.807) is 25.3 Å². The number of hydrogen-bond donors (Lipinski definition) is 2. The fourth-order valence-corrected chi connectivity index (χ4v) is 2.85. The molecule has 2 heterocycles. The van der Waals surface area contributed by atoms with E-state index in [4.69, 9.17) is 10.5 Å². The van der Waals surface area contributed by atoms with Gasteiger partial charge < -0.3 is 20.7 Å². The van der Waals surface area contributed by atoms with Crippen LogP contribution in [0.4, 0.5) is 11.5 Å². The van der Waals surface area contributed by atoms with Gasteiger partial charge in [0, 0.05) is 31.4 Å². The van der Waals surface area contributed by atoms with Gasteiger partial charge in [0.25, 0.3) is 0 Å². The number of benzene rings is 1. The van der Waals surface area contributed by atoms with Crippen molar-refractivity contribution >= 4 is 17.4 Å². The zero-order valence-corrected chi connectivity index (χ0v) is 13.8. The van der Waals surface area contributed by atoms with Crippen molar-refractivity contribution in [1.29, 1.82) is 0 Å². The zero-order chi connectivity index (χ0) is 16.9. The Labute approximate surface area is 141 Å². The van der Waals surface area contributed by atoms with Gasteiger partial charge in [0.15, 0.2) is 0 Å². The number of primary amides is 1. The summed E-state index contributed by atoms with van der Waals surface area (Å²) in [5, 5.41) is 3.28. The fraction of sp³-hybridized carbons (Fsp3) is 0.333. The molecular formula is C18H22N4O2. The average molecular weight is 326 g/mol. The third-order valence-electron chi connectivity index (χ3n) is 4.21. The van der Waals surface area contributed by atoms with Gasteiger partial charge in [0.05, 0.1) is 12.8 Å². The predicted molar refractivity (Wildman–Crippen MR) is 94.5 cm³/mol. The van der Waals surface area contributed by atoms with E-state index < -0.39 is 5.91 Å². The number of aromatic nitrogens is 1. The molecule has 1 saturated heterocycles. The van der Waals surface area contributed by atoms with Crippen molar-refractivity contribution in [2.24, 2.45) is 5.73 Å². The van der Waals surface area contributed by atoms with E-state index in [-0.39, 0.29) is 0 Å². The van der Waals surface area contributed by atoms with E-state index in [0.717, 1.165) is 30.2 Å². The summed E-state index contributed by atoms with van der Waals surface area (Å²) < 4.78 is 5.32. The molecule has 24 heavy (non-hydrogen) atoms. The Balaban J connectivity index is 1.68. The smallest absolute Gasteiger partial charge is 0.248 e. The molecule has 0 aliphatic carbocycles. The lowest BCUT2D eigenvalue weighted by Crippen LogP contribution is -2.18. The molecule has 0 saturated carbocycles. The number of carbonyl (C=O) groups is 1. The summed E-state index contributed by atoms with van der Waals surface area (Å²) in [6.07, 6.45) is 4.35. The number of nitrogens with two attached hydrogens (primary N) is 1. The number of anilines is 2. The van der Waals surface area contributed by atoms with Gasteiger partial charge in [-0.15, -0.1) is 0 Å². The summed E-state index contributed by atoms with van der Waals surface area (Å²) >= 11 is 0. The number of pyridine rings is 1. The van der Waals surface area contributed by atoms with Crippen LogP contribution >= 0.6 is 0 Å². The summed E-state index contributed by atoms with van der Waals surface area (Å²) in [5.41, 5.74) is 7.57. The average Bonchev–Trinajstić information content (AvgIpc) is 3.14. The maximum atomic E-state index is 11.3. The summed E-state index contributed by atoms with van der Waals surface area (Å²) in [4.78, 5) is 18.2. The molecule has 1 aliphatic rings. The van der Waals surface area contributed by atoms with Gasteiger partial charge in [0.2, 0.25) is 5.91 Å². The maximum Gasteiger partial charge on any atom is 0.248 e. The summed E-state index contributed by atoms with van der Waals surface area (Å²) in [7, 11) is 1.59. The SMILES string of the molecule is COc1ccc(C(N)=O)cc1NCc1ccc(N2CCCC2)nc1. The van der Waals surface area contributed by atoms with Crippen LogP contribution in [-0.2, 0) is 6.54 Å². The molecular weight excluding hydrogens is 304 g/mol. The largest absolute Gasteiger partial charge is 0.495 e. The quantitative estimate of drug-likeness (QED) is 0.852. The van der Waals surface area contributed by atoms with Crippen LogP contribution in [0.25, 0.3) is 0 Å². The van der Waals surface area contributed by atoms with Gasteiger partial charge in [-0.3, -0.25) is 4.79 Å². The van der Waals surface area contributed by atoms with Crippen LogP contribution in [-0.4, -0.2) is 31.1 Å². The van der Waals surface area contributed by atoms with E-state index in [1.807, 2.05) is 6.20 Å². The molecule has 0 atom stereocenters. The van der Waals surface area contributed by atoms with Crippen molar-refractivity contribution in [2.45, 2.75) is 19.4 Å². The number of ether oxygens (including phenoxy) is 1. The number of amides is 1. The molecule has 126 valence electrons. The third kappa shape index (κ3) is 3.59. The van der Waals surface area contributed by atoms with Crippen LogP contribution in [0.5, 0.6) is 5.75 Å². The second kappa shape index (κ2) is 7.21. The van der Waals surface area contributed by atoms with Crippen molar-refractivity contribution in [3.63, 3.8) is 0 Å². The Bertz CT molecular complexity index is 709. The summed E-state index contributed by atoms with van der Waals surface area (Å²) in [5.74, 6) is 1.24. The number of nitrogens with zero attached hydrogens (tertiary/aromatic N) is 2. The summed E-state index contributed by atoms with van der Waals surface area (Å²) in [6, 6.07) is 9.21. The Morgan fingerprint density at radius 2 is 2.08 bits per heavy atom. The van der Waals surface area contributed by atoms with E-state index in [9.17, 15) is 4.79 Å². The molecule has 0 spiro atoms. The molecule has 1 aliphatic heterocycles. The lowest BCUT2D eigenvalue weighted by Gasteiger charge is -2.16. The first kappa shape index (κ1) is 16.1. The minimum absolute atomic E-state index is 0.445. The lowest BCUT2D eigenvalue weighted by atomic mass is 10.1. The third-order valence-corrected chi connectivity index (χ3v) is 4.21. The topological polar surface area (TPSA) is 80.5 Å². The first-order valence-electron chi connectivity index (χ1n) is 8.09. The molecule has 6 heteroatoms. The number of rotatable bonds is 6. The van der Waals surface area contributed by atoms with Crippen molar-refractivity contribution in [3.8, 4) is 5.75 Å². The van der Waals surface area contributed by atoms with Crippen molar-refractivity contribution < 1.29 is 9.53 Å². The van der Waals surface area contributed by atoms with E-state index in [2.05, 4.69) is 27.3 Å². The number of methoxy groups -OCH3 is 1. The van der Waals surface area contributed by atoms with Gasteiger partial charge in [0.1, 0.15) is 11.6 Å². The van der Waals surface area contributed by atoms with E-state index in [1.165, 1.54) is 12.8 Å². The van der Waals surface area contributed by atoms with Crippen LogP contribution in [0.2, 0.25) is 0 Å². The van der Waals surface area contributed by atoms with Crippen LogP contribution < -0.4 is 20.7 Å². The Kier molecular flexibility index (Phi) is 4.84. The normalized spacial score (nSPS) is 13.8. The molecule has 0 radical (unpaired) electrons. The van der Waals surface area contributed by atoms with E-state index in [0.29, 0.717) is 17.9 Å². The van der Waals surface area contributed by atoms with E-state index >= 15 is 0 Å². The lowest BCUT2D eigenvalue weighted by molar-refractivity contribution is 0.100. The first-order valence-corrected chi connectivity index (χ1v) is 8.09. The molecule has 1 aromatic carbocycles. The number of carbonyl (C=O) groups excluding carboxylic acids is 1. The molecule has 0 bridgehead atoms. The monoisotopic (exact) mass is 326 g/mol. The predicted octanol–water partition coefficient (Wildman–Crippen LogP) is 2.40. The molecule has 0 unspecified atom stereocenters. The molecule has 1 fully saturated rings. The highest BCUT2D eigenvalue weighted by molar-refractivity contribution is 5.94. The van der Waals surface area contributed by atoms with Gasteiger partial charge >= 0.3 is 0 Å². The van der Waals surface area contributed by atoms with Crippen molar-refractivity contribution in [2.75, 3.05) is 30.4 Å². The van der Waals surface area contributed by atoms with Gasteiger partial charge in [-0.1, -0.05) is 6.07 Å². The second-order valence-electron chi connectivity index (χ2n) is 5.85. The van der Waals surface area contributed by atoms with Crippen LogP contribution in [0.1, 0.15) is 28.8 Å². The molecule has 3 rings (SSSR count). The Morgan fingerprint density at radius 1 is 1.29 bits per heavy atom. The van der Waals surface area contributed by atoms with Crippen LogP contribution in [0, 0.1) is 0 Å². The van der Waals surface area contributed by atoms with Gasteiger partial charge in [-0.25, -0.2) is 4.98 Å². The molecule has 3 N–H and O–H groups in total. The number of nitrogens with one attached hydrogen (secondary N) is 1. The Hall–Kier alpha value is -2.76. The maximum absolute atomic E-state index is 11.3. The first-order chi connectivity index (χ1) is 11.7. The Morgan fingerprint density at radius 3 is 2.71 bits per heavy atom. The fourth-order valence-electron chi connectivity index (χ4n) is 2.85. The van der Waals surface area contributed by atoms with Crippen LogP contribution in [0.15, 0.2) is 36.5 Å². The van der Waals surface area contributed by atoms with Crippen molar-refractivity contribution in [3.05, 3.63) is 47.7 Å². The molecule has 6 nitrogen and oxygen atoms in total. The highest BCUT2D eigenvalue weighted by atomic mass is 16.5. The molecule has 2 aromatic rings. The zero-order valence-electron chi connectivity index (χ0n) is 13.8. The second-order valence-corrected chi connectivity index (χ2v) is 5.85. The number of hydrogen-bond acceptors (Lipinski definition) is 5. The highest BCUT2D eigenvalue weighted by Crippen LogP contribution is 2.26. The minimum Gasteiger partial charge on any atom is -0.495 e. The molecule has 1 aromatic heterocycles. The van der Waals surface area contributed by atoms with Gasteiger partial charge in [-0.05, 0) is 42.7 Å². The summed E-state index contributed by atoms with van der Waals surface area (Å²) in [6.45, 7) is 2.76. The molecule has 1 amide bonds. The standard InChI is InChI=1S/C18H22N4O2/c1-24-16-6-5-14(18(19)23)10-15(16)20-11-13-4-7-17(21-12-13)22-8-2-3-9-22/h4-7,10,12,20H,2-3,8-9,11H2,1H3,(H2,19,23). The minimum atomic E-state index is -0.461. The van der Waals surface area contributed by atoms with Crippen molar-refractivity contribution in [1.82, 2.24) is 4.98 Å². The van der Waals surface area contributed by atoms with Crippen LogP contribution in [0.3, 0.4) is 0 Å². The highest BCUT2D eigenvalue weighted by Gasteiger charge is 2.13. The van der Waals surface area contributed by atoms with Gasteiger partial charge in [-0.2, -0.15) is 0 Å².